The average molecular weight is 435 g/mol. The summed E-state index contributed by atoms with van der Waals surface area (Å²) in [6, 6.07) is 10.4. The van der Waals surface area contributed by atoms with Crippen LogP contribution in [0.15, 0.2) is 41.0 Å². The van der Waals surface area contributed by atoms with E-state index in [9.17, 15) is 4.79 Å². The fourth-order valence-corrected chi connectivity index (χ4v) is 4.56. The molecule has 2 heterocycles. The number of methoxy groups -OCH3 is 1. The van der Waals surface area contributed by atoms with Crippen LogP contribution >= 0.6 is 0 Å². The highest BCUT2D eigenvalue weighted by Gasteiger charge is 2.21. The lowest BCUT2D eigenvalue weighted by molar-refractivity contribution is -0.130. The van der Waals surface area contributed by atoms with Crippen LogP contribution in [0.1, 0.15) is 34.2 Å². The molecule has 0 unspecified atom stereocenters. The monoisotopic (exact) mass is 434 g/mol. The number of amides is 1. The van der Waals surface area contributed by atoms with E-state index in [2.05, 4.69) is 48.9 Å². The van der Waals surface area contributed by atoms with E-state index < -0.39 is 0 Å². The molecule has 5 heteroatoms. The second-order valence-electron chi connectivity index (χ2n) is 9.04. The molecule has 1 amide bonds. The van der Waals surface area contributed by atoms with Gasteiger partial charge >= 0.3 is 0 Å². The molecule has 2 aromatic carbocycles. The molecular formula is C27H34N2O3. The van der Waals surface area contributed by atoms with E-state index in [-0.39, 0.29) is 5.91 Å². The van der Waals surface area contributed by atoms with Crippen molar-refractivity contribution < 1.29 is 13.9 Å². The third kappa shape index (κ3) is 4.99. The van der Waals surface area contributed by atoms with Crippen LogP contribution in [0, 0.1) is 13.8 Å². The molecule has 1 aromatic heterocycles. The molecule has 1 aliphatic rings. The Labute approximate surface area is 190 Å². The van der Waals surface area contributed by atoms with Gasteiger partial charge in [-0.05, 0) is 86.7 Å². The maximum Gasteiger partial charge on any atom is 0.227 e. The smallest absolute Gasteiger partial charge is 0.227 e. The first-order valence-electron chi connectivity index (χ1n) is 11.5. The van der Waals surface area contributed by atoms with E-state index in [4.69, 9.17) is 9.15 Å². The third-order valence-corrected chi connectivity index (χ3v) is 6.75. The summed E-state index contributed by atoms with van der Waals surface area (Å²) in [6.07, 6.45) is 5.27. The lowest BCUT2D eigenvalue weighted by atomic mass is 9.97. The first kappa shape index (κ1) is 22.4. The Kier molecular flexibility index (Phi) is 6.85. The van der Waals surface area contributed by atoms with Gasteiger partial charge in [0.05, 0.1) is 19.8 Å². The Hall–Kier alpha value is -2.79. The normalized spacial score (nSPS) is 14.2. The average Bonchev–Trinajstić information content (AvgIpc) is 3.12. The topological polar surface area (TPSA) is 45.9 Å². The molecule has 4 rings (SSSR count). The summed E-state index contributed by atoms with van der Waals surface area (Å²) >= 11 is 0. The lowest BCUT2D eigenvalue weighted by Gasteiger charge is -2.22. The van der Waals surface area contributed by atoms with Gasteiger partial charge < -0.3 is 19.0 Å². The van der Waals surface area contributed by atoms with Crippen molar-refractivity contribution in [2.75, 3.05) is 40.3 Å². The van der Waals surface area contributed by atoms with Crippen molar-refractivity contribution in [3.05, 3.63) is 64.4 Å². The van der Waals surface area contributed by atoms with E-state index in [1.54, 1.807) is 7.11 Å². The van der Waals surface area contributed by atoms with E-state index in [1.807, 2.05) is 18.4 Å². The van der Waals surface area contributed by atoms with Gasteiger partial charge in [0, 0.05) is 31.1 Å². The number of likely N-dealkylation sites (N-methyl/N-ethyl adjacent to an activating group) is 1. The molecule has 0 fully saturated rings. The van der Waals surface area contributed by atoms with Gasteiger partial charge in [-0.3, -0.25) is 4.79 Å². The summed E-state index contributed by atoms with van der Waals surface area (Å²) in [4.78, 5) is 17.2. The first-order valence-corrected chi connectivity index (χ1v) is 11.5. The fraction of sp³-hybridized carbons (Fsp3) is 0.444. The SMILES string of the molecule is COc1ccc2c(CCN(C)CCCN3CCc4cc(C)c(C)cc4CC3=O)coc2c1. The second kappa shape index (κ2) is 9.78. The number of hydrogen-bond donors (Lipinski definition) is 0. The summed E-state index contributed by atoms with van der Waals surface area (Å²) in [5.41, 5.74) is 7.23. The van der Waals surface area contributed by atoms with Gasteiger partial charge in [-0.15, -0.1) is 0 Å². The molecule has 1 aliphatic heterocycles. The molecule has 3 aromatic rings. The number of nitrogens with zero attached hydrogens (tertiary/aromatic N) is 2. The van der Waals surface area contributed by atoms with Gasteiger partial charge in [-0.2, -0.15) is 0 Å². The Balaban J connectivity index is 1.25. The molecule has 0 spiro atoms. The summed E-state index contributed by atoms with van der Waals surface area (Å²) < 4.78 is 11.0. The molecule has 0 N–H and O–H groups in total. The van der Waals surface area contributed by atoms with Crippen molar-refractivity contribution >= 4 is 16.9 Å². The summed E-state index contributed by atoms with van der Waals surface area (Å²) in [5.74, 6) is 1.07. The minimum atomic E-state index is 0.259. The predicted molar refractivity (Wildman–Crippen MR) is 128 cm³/mol. The molecule has 0 radical (unpaired) electrons. The van der Waals surface area contributed by atoms with Gasteiger partial charge in [0.2, 0.25) is 5.91 Å². The van der Waals surface area contributed by atoms with Crippen LogP contribution in [0.5, 0.6) is 5.75 Å². The van der Waals surface area contributed by atoms with E-state index >= 15 is 0 Å². The van der Waals surface area contributed by atoms with Crippen LogP contribution in [0.4, 0.5) is 0 Å². The molecule has 0 atom stereocenters. The number of carbonyl (C=O) groups excluding carboxylic acids is 1. The number of rotatable bonds is 8. The first-order chi connectivity index (χ1) is 15.4. The van der Waals surface area contributed by atoms with E-state index in [0.717, 1.165) is 62.2 Å². The Morgan fingerprint density at radius 1 is 1.09 bits per heavy atom. The second-order valence-corrected chi connectivity index (χ2v) is 9.04. The molecule has 0 saturated heterocycles. The van der Waals surface area contributed by atoms with Crippen LogP contribution in [-0.4, -0.2) is 56.0 Å². The summed E-state index contributed by atoms with van der Waals surface area (Å²) in [5, 5.41) is 1.15. The highest BCUT2D eigenvalue weighted by Crippen LogP contribution is 2.26. The van der Waals surface area contributed by atoms with Crippen molar-refractivity contribution in [1.29, 1.82) is 0 Å². The van der Waals surface area contributed by atoms with Crippen LogP contribution < -0.4 is 4.74 Å². The zero-order valence-corrected chi connectivity index (χ0v) is 19.7. The minimum absolute atomic E-state index is 0.259. The largest absolute Gasteiger partial charge is 0.497 e. The van der Waals surface area contributed by atoms with Crippen LogP contribution in [-0.2, 0) is 24.1 Å². The molecule has 32 heavy (non-hydrogen) atoms. The maximum atomic E-state index is 12.8. The van der Waals surface area contributed by atoms with Crippen molar-refractivity contribution in [2.24, 2.45) is 0 Å². The molecule has 0 bridgehead atoms. The quantitative estimate of drug-likeness (QED) is 0.522. The Bertz CT molecular complexity index is 1100. The third-order valence-electron chi connectivity index (χ3n) is 6.75. The molecule has 0 aliphatic carbocycles. The van der Waals surface area contributed by atoms with Crippen molar-refractivity contribution in [3.8, 4) is 5.75 Å². The summed E-state index contributed by atoms with van der Waals surface area (Å²) in [6.45, 7) is 7.85. The molecule has 5 nitrogen and oxygen atoms in total. The number of ether oxygens (including phenoxy) is 1. The van der Waals surface area contributed by atoms with Crippen LogP contribution in [0.2, 0.25) is 0 Å². The number of carbonyl (C=O) groups is 1. The maximum absolute atomic E-state index is 12.8. The van der Waals surface area contributed by atoms with Gasteiger partial charge in [0.15, 0.2) is 0 Å². The van der Waals surface area contributed by atoms with Crippen molar-refractivity contribution in [3.63, 3.8) is 0 Å². The van der Waals surface area contributed by atoms with Crippen molar-refractivity contribution in [2.45, 2.75) is 39.5 Å². The Morgan fingerprint density at radius 3 is 2.66 bits per heavy atom. The number of fused-ring (bicyclic) bond motifs is 2. The van der Waals surface area contributed by atoms with Crippen LogP contribution in [0.3, 0.4) is 0 Å². The molecular weight excluding hydrogens is 400 g/mol. The van der Waals surface area contributed by atoms with Crippen molar-refractivity contribution in [1.82, 2.24) is 9.80 Å². The predicted octanol–water partition coefficient (Wildman–Crippen LogP) is 4.55. The molecule has 170 valence electrons. The highest BCUT2D eigenvalue weighted by atomic mass is 16.5. The van der Waals surface area contributed by atoms with Gasteiger partial charge in [0.25, 0.3) is 0 Å². The van der Waals surface area contributed by atoms with Gasteiger partial charge in [-0.1, -0.05) is 12.1 Å². The number of benzene rings is 2. The Morgan fingerprint density at radius 2 is 1.88 bits per heavy atom. The standard InChI is InChI=1S/C27H34N2O3/c1-19-14-21-9-13-29(27(30)16-23(21)15-20(19)2)11-5-10-28(3)12-8-22-18-32-26-17-24(31-4)6-7-25(22)26/h6-7,14-15,17-18H,5,8-13,16H2,1-4H3. The van der Waals surface area contributed by atoms with E-state index in [0.29, 0.717) is 6.42 Å². The molecule has 0 saturated carbocycles. The zero-order chi connectivity index (χ0) is 22.7. The fourth-order valence-electron chi connectivity index (χ4n) is 4.56. The van der Waals surface area contributed by atoms with E-state index in [1.165, 1.54) is 27.8 Å². The zero-order valence-electron chi connectivity index (χ0n) is 19.7. The number of hydrogen-bond acceptors (Lipinski definition) is 4. The highest BCUT2D eigenvalue weighted by molar-refractivity contribution is 5.82. The van der Waals surface area contributed by atoms with Crippen LogP contribution in [0.25, 0.3) is 11.0 Å². The lowest BCUT2D eigenvalue weighted by Crippen LogP contribution is -2.35. The minimum Gasteiger partial charge on any atom is -0.497 e. The summed E-state index contributed by atoms with van der Waals surface area (Å²) in [7, 11) is 3.82. The van der Waals surface area contributed by atoms with Gasteiger partial charge in [0.1, 0.15) is 11.3 Å². The number of aryl methyl sites for hydroxylation is 2. The van der Waals surface area contributed by atoms with Gasteiger partial charge in [-0.25, -0.2) is 0 Å². The number of furan rings is 1.